The number of nitrogens with zero attached hydrogens (tertiary/aromatic N) is 1. The van der Waals surface area contributed by atoms with Gasteiger partial charge in [-0.05, 0) is 31.9 Å². The van der Waals surface area contributed by atoms with Gasteiger partial charge in [-0.1, -0.05) is 60.2 Å². The van der Waals surface area contributed by atoms with Gasteiger partial charge >= 0.3 is 6.09 Å². The second kappa shape index (κ2) is 6.07. The Kier molecular flexibility index (Phi) is 4.12. The van der Waals surface area contributed by atoms with Gasteiger partial charge in [-0.15, -0.1) is 0 Å². The first kappa shape index (κ1) is 15.6. The lowest BCUT2D eigenvalue weighted by Crippen LogP contribution is -2.47. The molecule has 1 heterocycles. The summed E-state index contributed by atoms with van der Waals surface area (Å²) in [6, 6.07) is 18.3. The predicted molar refractivity (Wildman–Crippen MR) is 91.2 cm³/mol. The SMILES string of the molecule is Cc1ccc(C2(C)CCN(C(C)c3ccccc3)C(=O)O2)cc1. The lowest BCUT2D eigenvalue weighted by molar-refractivity contribution is -0.0491. The molecule has 0 saturated carbocycles. The maximum atomic E-state index is 12.6. The highest BCUT2D eigenvalue weighted by molar-refractivity contribution is 5.70. The molecule has 3 nitrogen and oxygen atoms in total. The predicted octanol–water partition coefficient (Wildman–Crippen LogP) is 4.81. The summed E-state index contributed by atoms with van der Waals surface area (Å²) in [6.07, 6.45) is 0.551. The minimum atomic E-state index is -0.544. The Morgan fingerprint density at radius 1 is 1.09 bits per heavy atom. The number of ether oxygens (including phenoxy) is 1. The molecule has 1 fully saturated rings. The maximum absolute atomic E-state index is 12.6. The van der Waals surface area contributed by atoms with Crippen molar-refractivity contribution in [3.63, 3.8) is 0 Å². The van der Waals surface area contributed by atoms with Crippen LogP contribution in [0.2, 0.25) is 0 Å². The molecule has 1 saturated heterocycles. The molecule has 3 rings (SSSR count). The van der Waals surface area contributed by atoms with E-state index in [2.05, 4.69) is 31.2 Å². The Bertz CT molecular complexity index is 681. The molecule has 3 heteroatoms. The number of rotatable bonds is 3. The summed E-state index contributed by atoms with van der Waals surface area (Å²) in [5, 5.41) is 0. The molecule has 0 spiro atoms. The van der Waals surface area contributed by atoms with E-state index in [9.17, 15) is 4.79 Å². The van der Waals surface area contributed by atoms with Crippen LogP contribution >= 0.6 is 0 Å². The molecule has 1 aliphatic rings. The molecule has 2 aromatic rings. The van der Waals surface area contributed by atoms with Crippen LogP contribution in [0, 0.1) is 6.92 Å². The van der Waals surface area contributed by atoms with E-state index in [1.165, 1.54) is 5.56 Å². The molecule has 0 aliphatic carbocycles. The van der Waals surface area contributed by atoms with Gasteiger partial charge < -0.3 is 9.64 Å². The van der Waals surface area contributed by atoms with E-state index in [1.807, 2.05) is 49.1 Å². The lowest BCUT2D eigenvalue weighted by Gasteiger charge is -2.41. The van der Waals surface area contributed by atoms with Gasteiger partial charge in [0.05, 0.1) is 6.04 Å². The topological polar surface area (TPSA) is 29.5 Å². The van der Waals surface area contributed by atoms with E-state index in [0.29, 0.717) is 6.54 Å². The van der Waals surface area contributed by atoms with Crippen LogP contribution in [0.15, 0.2) is 54.6 Å². The highest BCUT2D eigenvalue weighted by Crippen LogP contribution is 2.36. The standard InChI is InChI=1S/C20H23NO2/c1-15-9-11-18(12-10-15)20(3)13-14-21(19(22)23-20)16(2)17-7-5-4-6-8-17/h4-12,16H,13-14H2,1-3H3. The van der Waals surface area contributed by atoms with Crippen LogP contribution in [0.25, 0.3) is 0 Å². The van der Waals surface area contributed by atoms with E-state index >= 15 is 0 Å². The van der Waals surface area contributed by atoms with E-state index in [1.54, 1.807) is 0 Å². The molecule has 0 bridgehead atoms. The van der Waals surface area contributed by atoms with Crippen molar-refractivity contribution < 1.29 is 9.53 Å². The molecule has 0 N–H and O–H groups in total. The fourth-order valence-electron chi connectivity index (χ4n) is 3.10. The van der Waals surface area contributed by atoms with Gasteiger partial charge in [0.25, 0.3) is 0 Å². The van der Waals surface area contributed by atoms with Crippen LogP contribution in [0.5, 0.6) is 0 Å². The number of carbonyl (C=O) groups excluding carboxylic acids is 1. The fourth-order valence-corrected chi connectivity index (χ4v) is 3.10. The molecule has 2 unspecified atom stereocenters. The quantitative estimate of drug-likeness (QED) is 0.814. The summed E-state index contributed by atoms with van der Waals surface area (Å²) in [4.78, 5) is 14.4. The van der Waals surface area contributed by atoms with Crippen molar-refractivity contribution >= 4 is 6.09 Å². The van der Waals surface area contributed by atoms with E-state index in [-0.39, 0.29) is 12.1 Å². The number of amides is 1. The number of hydrogen-bond acceptors (Lipinski definition) is 2. The van der Waals surface area contributed by atoms with Gasteiger partial charge in [0, 0.05) is 13.0 Å². The van der Waals surface area contributed by atoms with Crippen molar-refractivity contribution in [2.75, 3.05) is 6.54 Å². The lowest BCUT2D eigenvalue weighted by atomic mass is 9.90. The minimum Gasteiger partial charge on any atom is -0.438 e. The average Bonchev–Trinajstić information content (AvgIpc) is 2.56. The number of hydrogen-bond donors (Lipinski definition) is 0. The van der Waals surface area contributed by atoms with Crippen molar-refractivity contribution in [2.24, 2.45) is 0 Å². The second-order valence-corrected chi connectivity index (χ2v) is 6.49. The highest BCUT2D eigenvalue weighted by atomic mass is 16.6. The zero-order chi connectivity index (χ0) is 16.4. The van der Waals surface area contributed by atoms with Gasteiger partial charge in [-0.3, -0.25) is 0 Å². The smallest absolute Gasteiger partial charge is 0.411 e. The largest absolute Gasteiger partial charge is 0.438 e. The van der Waals surface area contributed by atoms with Gasteiger partial charge in [-0.2, -0.15) is 0 Å². The van der Waals surface area contributed by atoms with Crippen molar-refractivity contribution in [3.05, 3.63) is 71.3 Å². The summed E-state index contributed by atoms with van der Waals surface area (Å²) >= 11 is 0. The van der Waals surface area contributed by atoms with Crippen molar-refractivity contribution in [1.82, 2.24) is 4.90 Å². The molecule has 23 heavy (non-hydrogen) atoms. The molecular weight excluding hydrogens is 286 g/mol. The van der Waals surface area contributed by atoms with Gasteiger partial charge in [-0.25, -0.2) is 4.79 Å². The zero-order valence-corrected chi connectivity index (χ0v) is 14.0. The van der Waals surface area contributed by atoms with Crippen LogP contribution in [-0.4, -0.2) is 17.5 Å². The third-order valence-electron chi connectivity index (χ3n) is 4.79. The molecule has 2 aromatic carbocycles. The Labute approximate surface area is 137 Å². The Balaban J connectivity index is 1.77. The van der Waals surface area contributed by atoms with Crippen molar-refractivity contribution in [2.45, 2.75) is 38.8 Å². The molecule has 2 atom stereocenters. The summed E-state index contributed by atoms with van der Waals surface area (Å²) in [6.45, 7) is 6.80. The van der Waals surface area contributed by atoms with Crippen molar-refractivity contribution in [3.8, 4) is 0 Å². The maximum Gasteiger partial charge on any atom is 0.411 e. The summed E-state index contributed by atoms with van der Waals surface area (Å²) in [5.74, 6) is 0. The van der Waals surface area contributed by atoms with Crippen molar-refractivity contribution in [1.29, 1.82) is 0 Å². The first-order valence-electron chi connectivity index (χ1n) is 8.11. The van der Waals surface area contributed by atoms with E-state index in [4.69, 9.17) is 4.74 Å². The Morgan fingerprint density at radius 3 is 2.35 bits per heavy atom. The van der Waals surface area contributed by atoms with Crippen LogP contribution < -0.4 is 0 Å². The molecule has 0 aromatic heterocycles. The third kappa shape index (κ3) is 3.09. The Hall–Kier alpha value is -2.29. The number of aryl methyl sites for hydroxylation is 1. The summed E-state index contributed by atoms with van der Waals surface area (Å²) in [5.41, 5.74) is 2.85. The van der Waals surface area contributed by atoms with Gasteiger partial charge in [0.2, 0.25) is 0 Å². The second-order valence-electron chi connectivity index (χ2n) is 6.49. The first-order valence-corrected chi connectivity index (χ1v) is 8.11. The van der Waals surface area contributed by atoms with Crippen LogP contribution in [0.3, 0.4) is 0 Å². The van der Waals surface area contributed by atoms with Gasteiger partial charge in [0.1, 0.15) is 5.60 Å². The monoisotopic (exact) mass is 309 g/mol. The fraction of sp³-hybridized carbons (Fsp3) is 0.350. The first-order chi connectivity index (χ1) is 11.0. The molecular formula is C20H23NO2. The van der Waals surface area contributed by atoms with Crippen LogP contribution in [0.1, 0.15) is 43.0 Å². The van der Waals surface area contributed by atoms with Crippen LogP contribution in [-0.2, 0) is 10.3 Å². The van der Waals surface area contributed by atoms with Crippen LogP contribution in [0.4, 0.5) is 4.79 Å². The summed E-state index contributed by atoms with van der Waals surface area (Å²) < 4.78 is 5.84. The molecule has 1 aliphatic heterocycles. The molecule has 120 valence electrons. The van der Waals surface area contributed by atoms with Gasteiger partial charge in [0.15, 0.2) is 0 Å². The third-order valence-corrected chi connectivity index (χ3v) is 4.79. The minimum absolute atomic E-state index is 0.0197. The zero-order valence-electron chi connectivity index (χ0n) is 14.0. The van der Waals surface area contributed by atoms with E-state index in [0.717, 1.165) is 17.5 Å². The number of cyclic esters (lactones) is 1. The number of benzene rings is 2. The molecule has 0 radical (unpaired) electrons. The highest BCUT2D eigenvalue weighted by Gasteiger charge is 2.39. The molecule has 1 amide bonds. The average molecular weight is 309 g/mol. The normalized spacial score (nSPS) is 22.6. The van der Waals surface area contributed by atoms with E-state index < -0.39 is 5.60 Å². The number of carbonyl (C=O) groups is 1. The Morgan fingerprint density at radius 2 is 1.74 bits per heavy atom. The summed E-state index contributed by atoms with van der Waals surface area (Å²) in [7, 11) is 0.